The van der Waals surface area contributed by atoms with E-state index in [1.165, 1.54) is 17.1 Å². The van der Waals surface area contributed by atoms with E-state index in [1.54, 1.807) is 11.3 Å². The third-order valence-electron chi connectivity index (χ3n) is 2.58. The van der Waals surface area contributed by atoms with Crippen molar-refractivity contribution in [2.45, 2.75) is 26.8 Å². The predicted octanol–water partition coefficient (Wildman–Crippen LogP) is 2.96. The van der Waals surface area contributed by atoms with Crippen molar-refractivity contribution in [3.8, 4) is 0 Å². The average Bonchev–Trinajstić information content (AvgIpc) is 2.99. The number of carbonyl (C=O) groups excluding carboxylic acids is 1. The number of aryl methyl sites for hydroxylation is 1. The molecule has 0 spiro atoms. The van der Waals surface area contributed by atoms with E-state index in [1.807, 2.05) is 17.2 Å². The van der Waals surface area contributed by atoms with Gasteiger partial charge in [0.1, 0.15) is 4.88 Å². The van der Waals surface area contributed by atoms with Crippen molar-refractivity contribution in [3.63, 3.8) is 0 Å². The molecule has 2 rings (SSSR count). The number of amides is 1. The Morgan fingerprint density at radius 2 is 2.33 bits per heavy atom. The highest BCUT2D eigenvalue weighted by molar-refractivity contribution is 7.08. The lowest BCUT2D eigenvalue weighted by molar-refractivity contribution is 0.0747. The molecule has 4 nitrogen and oxygen atoms in total. The normalized spacial score (nSPS) is 10.6. The van der Waals surface area contributed by atoms with E-state index in [0.717, 1.165) is 18.7 Å². The molecule has 0 saturated heterocycles. The van der Waals surface area contributed by atoms with Crippen LogP contribution in [0.15, 0.2) is 16.8 Å². The van der Waals surface area contributed by atoms with Crippen molar-refractivity contribution >= 4 is 28.8 Å². The van der Waals surface area contributed by atoms with Gasteiger partial charge in [0, 0.05) is 13.1 Å². The van der Waals surface area contributed by atoms with Crippen molar-refractivity contribution in [1.29, 1.82) is 0 Å². The molecule has 0 atom stereocenters. The molecular formula is C12H15N3OS2. The lowest BCUT2D eigenvalue weighted by Gasteiger charge is -2.20. The summed E-state index contributed by atoms with van der Waals surface area (Å²) < 4.78 is 3.83. The number of rotatable bonds is 5. The molecule has 1 amide bonds. The van der Waals surface area contributed by atoms with Crippen LogP contribution in [-0.4, -0.2) is 26.9 Å². The molecule has 0 aliphatic heterocycles. The van der Waals surface area contributed by atoms with Gasteiger partial charge in [0.25, 0.3) is 5.91 Å². The summed E-state index contributed by atoms with van der Waals surface area (Å²) in [6, 6.07) is 2.05. The Hall–Kier alpha value is -1.27. The topological polar surface area (TPSA) is 46.1 Å². The van der Waals surface area contributed by atoms with Gasteiger partial charge in [-0.15, -0.1) is 5.10 Å². The van der Waals surface area contributed by atoms with E-state index in [2.05, 4.69) is 28.0 Å². The van der Waals surface area contributed by atoms with Crippen molar-refractivity contribution < 1.29 is 4.79 Å². The molecule has 0 aliphatic rings. The zero-order valence-corrected chi connectivity index (χ0v) is 12.1. The number of nitrogens with zero attached hydrogens (tertiary/aromatic N) is 3. The third-order valence-corrected chi connectivity index (χ3v) is 4.13. The van der Waals surface area contributed by atoms with E-state index in [-0.39, 0.29) is 5.91 Å². The van der Waals surface area contributed by atoms with Gasteiger partial charge < -0.3 is 4.90 Å². The molecule has 0 aliphatic carbocycles. The van der Waals surface area contributed by atoms with Crippen LogP contribution in [0.5, 0.6) is 0 Å². The van der Waals surface area contributed by atoms with Gasteiger partial charge in [0.2, 0.25) is 0 Å². The molecule has 0 bridgehead atoms. The minimum atomic E-state index is 0.0375. The summed E-state index contributed by atoms with van der Waals surface area (Å²) in [5.41, 5.74) is 1.90. The van der Waals surface area contributed by atoms with E-state index in [0.29, 0.717) is 11.4 Å². The summed E-state index contributed by atoms with van der Waals surface area (Å²) in [6.45, 7) is 5.32. The monoisotopic (exact) mass is 281 g/mol. The summed E-state index contributed by atoms with van der Waals surface area (Å²) in [4.78, 5) is 14.9. The summed E-state index contributed by atoms with van der Waals surface area (Å²) in [7, 11) is 0. The van der Waals surface area contributed by atoms with Gasteiger partial charge in [0.15, 0.2) is 0 Å². The van der Waals surface area contributed by atoms with Crippen molar-refractivity contribution in [2.24, 2.45) is 0 Å². The largest absolute Gasteiger partial charge is 0.333 e. The van der Waals surface area contributed by atoms with Crippen molar-refractivity contribution in [1.82, 2.24) is 14.5 Å². The van der Waals surface area contributed by atoms with Crippen LogP contribution in [0.25, 0.3) is 0 Å². The summed E-state index contributed by atoms with van der Waals surface area (Å²) >= 11 is 2.83. The molecule has 0 radical (unpaired) electrons. The Labute approximate surface area is 114 Å². The van der Waals surface area contributed by atoms with E-state index in [4.69, 9.17) is 0 Å². The fraction of sp³-hybridized carbons (Fsp3) is 0.417. The van der Waals surface area contributed by atoms with Crippen molar-refractivity contribution in [2.75, 3.05) is 6.54 Å². The molecule has 18 heavy (non-hydrogen) atoms. The SMILES string of the molecule is CCCN(Cc1ccsc1)C(=O)c1snnc1C. The standard InChI is InChI=1S/C12H15N3OS2/c1-3-5-15(7-10-4-6-17-8-10)12(16)11-9(2)13-14-18-11/h4,6,8H,3,5,7H2,1-2H3. The maximum atomic E-state index is 12.4. The highest BCUT2D eigenvalue weighted by Gasteiger charge is 2.20. The van der Waals surface area contributed by atoms with Gasteiger partial charge in [-0.1, -0.05) is 11.4 Å². The molecule has 0 fully saturated rings. The van der Waals surface area contributed by atoms with Crippen LogP contribution in [0.3, 0.4) is 0 Å². The van der Waals surface area contributed by atoms with Gasteiger partial charge in [-0.25, -0.2) is 0 Å². The van der Waals surface area contributed by atoms with Gasteiger partial charge in [0.05, 0.1) is 5.69 Å². The smallest absolute Gasteiger partial charge is 0.267 e. The maximum absolute atomic E-state index is 12.4. The third kappa shape index (κ3) is 2.94. The second-order valence-corrected chi connectivity index (χ2v) is 5.58. The highest BCUT2D eigenvalue weighted by atomic mass is 32.1. The van der Waals surface area contributed by atoms with Gasteiger partial charge in [-0.2, -0.15) is 11.3 Å². The highest BCUT2D eigenvalue weighted by Crippen LogP contribution is 2.16. The average molecular weight is 281 g/mol. The van der Waals surface area contributed by atoms with Gasteiger partial charge >= 0.3 is 0 Å². The Kier molecular flexibility index (Phi) is 4.43. The molecular weight excluding hydrogens is 266 g/mol. The lowest BCUT2D eigenvalue weighted by Crippen LogP contribution is -2.31. The molecule has 2 heterocycles. The second kappa shape index (κ2) is 6.06. The molecule has 96 valence electrons. The van der Waals surface area contributed by atoms with E-state index in [9.17, 15) is 4.79 Å². The Bertz CT molecular complexity index is 507. The summed E-state index contributed by atoms with van der Waals surface area (Å²) in [5, 5.41) is 8.01. The van der Waals surface area contributed by atoms with E-state index < -0.39 is 0 Å². The Morgan fingerprint density at radius 3 is 2.89 bits per heavy atom. The van der Waals surface area contributed by atoms with Crippen LogP contribution in [-0.2, 0) is 6.54 Å². The number of hydrogen-bond acceptors (Lipinski definition) is 5. The summed E-state index contributed by atoms with van der Waals surface area (Å²) in [6.07, 6.45) is 0.946. The number of hydrogen-bond donors (Lipinski definition) is 0. The molecule has 2 aromatic rings. The molecule has 0 saturated carbocycles. The van der Waals surface area contributed by atoms with Crippen LogP contribution in [0.2, 0.25) is 0 Å². The second-order valence-electron chi connectivity index (χ2n) is 4.05. The fourth-order valence-electron chi connectivity index (χ4n) is 1.70. The van der Waals surface area contributed by atoms with Crippen molar-refractivity contribution in [3.05, 3.63) is 33.0 Å². The van der Waals surface area contributed by atoms with E-state index >= 15 is 0 Å². The number of aromatic nitrogens is 2. The minimum Gasteiger partial charge on any atom is -0.333 e. The first-order valence-electron chi connectivity index (χ1n) is 5.81. The Morgan fingerprint density at radius 1 is 1.50 bits per heavy atom. The summed E-state index contributed by atoms with van der Waals surface area (Å²) in [5.74, 6) is 0.0375. The first kappa shape index (κ1) is 13.2. The lowest BCUT2D eigenvalue weighted by atomic mass is 10.2. The minimum absolute atomic E-state index is 0.0375. The van der Waals surface area contributed by atoms with Crippen LogP contribution in [0.4, 0.5) is 0 Å². The zero-order chi connectivity index (χ0) is 13.0. The molecule has 0 aromatic carbocycles. The first-order chi connectivity index (χ1) is 8.72. The van der Waals surface area contributed by atoms with Gasteiger partial charge in [-0.05, 0) is 47.3 Å². The van der Waals surface area contributed by atoms with Crippen LogP contribution in [0.1, 0.15) is 34.3 Å². The number of thiophene rings is 1. The first-order valence-corrected chi connectivity index (χ1v) is 7.53. The van der Waals surface area contributed by atoms with Crippen LogP contribution < -0.4 is 0 Å². The maximum Gasteiger partial charge on any atom is 0.267 e. The quantitative estimate of drug-likeness (QED) is 0.846. The number of carbonyl (C=O) groups is 1. The predicted molar refractivity (Wildman–Crippen MR) is 74.0 cm³/mol. The molecule has 0 N–H and O–H groups in total. The van der Waals surface area contributed by atoms with Gasteiger partial charge in [-0.3, -0.25) is 4.79 Å². The molecule has 2 aromatic heterocycles. The zero-order valence-electron chi connectivity index (χ0n) is 10.4. The van der Waals surface area contributed by atoms with Crippen LogP contribution in [0, 0.1) is 6.92 Å². The Balaban J connectivity index is 2.15. The molecule has 6 heteroatoms. The molecule has 0 unspecified atom stereocenters. The fourth-order valence-corrected chi connectivity index (χ4v) is 2.98. The van der Waals surface area contributed by atoms with Crippen LogP contribution >= 0.6 is 22.9 Å².